The number of ether oxygens (including phenoxy) is 1. The number of thiophene rings is 1. The maximum atomic E-state index is 12.8. The van der Waals surface area contributed by atoms with E-state index in [-0.39, 0.29) is 27.5 Å². The lowest BCUT2D eigenvalue weighted by Gasteiger charge is -2.22. The molecule has 1 heterocycles. The van der Waals surface area contributed by atoms with Gasteiger partial charge in [-0.05, 0) is 65.1 Å². The Bertz CT molecular complexity index is 1170. The van der Waals surface area contributed by atoms with Crippen LogP contribution in [0.3, 0.4) is 0 Å². The van der Waals surface area contributed by atoms with E-state index in [1.165, 1.54) is 11.6 Å². The van der Waals surface area contributed by atoms with Gasteiger partial charge in [0.2, 0.25) is 0 Å². The van der Waals surface area contributed by atoms with Gasteiger partial charge in [-0.1, -0.05) is 51.1 Å². The topological polar surface area (TPSA) is 72.5 Å². The van der Waals surface area contributed by atoms with E-state index >= 15 is 0 Å². The highest BCUT2D eigenvalue weighted by atomic mass is 32.2. The van der Waals surface area contributed by atoms with Gasteiger partial charge in [-0.3, -0.25) is 4.72 Å². The molecule has 2 aromatic carbocycles. The molecular formula is C24H27NO4S2. The highest BCUT2D eigenvalue weighted by Crippen LogP contribution is 2.28. The first kappa shape index (κ1) is 23.0. The number of carbonyl (C=O) groups excluding carboxylic acids is 1. The molecule has 0 unspecified atom stereocenters. The maximum Gasteiger partial charge on any atom is 0.340 e. The van der Waals surface area contributed by atoms with E-state index in [9.17, 15) is 13.2 Å². The van der Waals surface area contributed by atoms with Gasteiger partial charge in [0, 0.05) is 0 Å². The predicted molar refractivity (Wildman–Crippen MR) is 125 cm³/mol. The van der Waals surface area contributed by atoms with Gasteiger partial charge in [-0.15, -0.1) is 11.3 Å². The van der Waals surface area contributed by atoms with Gasteiger partial charge in [0.15, 0.2) is 0 Å². The second-order valence-corrected chi connectivity index (χ2v) is 11.4. The number of carbonyl (C=O) groups is 1. The lowest BCUT2D eigenvalue weighted by molar-refractivity contribution is 0.0473. The van der Waals surface area contributed by atoms with E-state index in [1.54, 1.807) is 35.7 Å². The number of hydrogen-bond acceptors (Lipinski definition) is 5. The van der Waals surface area contributed by atoms with Gasteiger partial charge in [0.1, 0.15) is 10.8 Å². The van der Waals surface area contributed by atoms with Gasteiger partial charge in [0.25, 0.3) is 10.0 Å². The third-order valence-electron chi connectivity index (χ3n) is 5.06. The zero-order valence-electron chi connectivity index (χ0n) is 18.4. The van der Waals surface area contributed by atoms with Crippen molar-refractivity contribution < 1.29 is 17.9 Å². The molecule has 0 radical (unpaired) electrons. The number of rotatable bonds is 6. The van der Waals surface area contributed by atoms with Crippen LogP contribution in [-0.4, -0.2) is 14.4 Å². The molecule has 31 heavy (non-hydrogen) atoms. The minimum atomic E-state index is -3.76. The van der Waals surface area contributed by atoms with Crippen molar-refractivity contribution in [3.05, 3.63) is 81.7 Å². The number of esters is 1. The Labute approximate surface area is 188 Å². The van der Waals surface area contributed by atoms with E-state index in [0.29, 0.717) is 0 Å². The van der Waals surface area contributed by atoms with Crippen LogP contribution in [0.15, 0.2) is 58.1 Å². The minimum Gasteiger partial charge on any atom is -0.457 e. The van der Waals surface area contributed by atoms with Crippen LogP contribution in [-0.2, 0) is 26.8 Å². The smallest absolute Gasteiger partial charge is 0.340 e. The average Bonchev–Trinajstić information content (AvgIpc) is 3.22. The molecule has 0 aliphatic carbocycles. The molecule has 3 aromatic rings. The van der Waals surface area contributed by atoms with Crippen molar-refractivity contribution in [2.45, 2.75) is 50.8 Å². The van der Waals surface area contributed by atoms with Crippen LogP contribution in [0.4, 0.5) is 5.69 Å². The lowest BCUT2D eigenvalue weighted by Crippen LogP contribution is -2.16. The van der Waals surface area contributed by atoms with Crippen LogP contribution in [0.1, 0.15) is 53.4 Å². The van der Waals surface area contributed by atoms with Gasteiger partial charge in [-0.2, -0.15) is 0 Å². The second-order valence-electron chi connectivity index (χ2n) is 8.50. The summed E-state index contributed by atoms with van der Waals surface area (Å²) in [6.45, 7) is 10.6. The van der Waals surface area contributed by atoms with Crippen LogP contribution < -0.4 is 4.72 Å². The summed E-state index contributed by atoms with van der Waals surface area (Å²) in [6, 6.07) is 13.9. The number of hydrogen-bond donors (Lipinski definition) is 1. The number of sulfonamides is 1. The third kappa shape index (κ3) is 5.35. The van der Waals surface area contributed by atoms with Crippen LogP contribution in [0.2, 0.25) is 0 Å². The Kier molecular flexibility index (Phi) is 6.57. The third-order valence-corrected chi connectivity index (χ3v) is 7.82. The summed E-state index contributed by atoms with van der Waals surface area (Å²) in [7, 11) is -3.76. The normalized spacial score (nSPS) is 11.9. The SMILES string of the molecule is Cc1cc(C(C)(C)C)cc(C)c1COC(=O)c1ccccc1NS(=O)(=O)c1cccs1. The summed E-state index contributed by atoms with van der Waals surface area (Å²) in [5.41, 5.74) is 4.70. The maximum absolute atomic E-state index is 12.8. The zero-order valence-corrected chi connectivity index (χ0v) is 20.0. The first-order valence-corrected chi connectivity index (χ1v) is 12.3. The fourth-order valence-corrected chi connectivity index (χ4v) is 5.30. The summed E-state index contributed by atoms with van der Waals surface area (Å²) < 4.78 is 33.4. The molecule has 0 aliphatic heterocycles. The van der Waals surface area contributed by atoms with E-state index in [4.69, 9.17) is 4.74 Å². The standard InChI is InChI=1S/C24H27NO4S2/c1-16-13-18(24(3,4)5)14-17(2)20(16)15-29-23(26)19-9-6-7-10-21(19)25-31(27,28)22-11-8-12-30-22/h6-14,25H,15H2,1-5H3. The first-order chi connectivity index (χ1) is 14.5. The number of para-hydroxylation sites is 1. The molecule has 0 atom stereocenters. The highest BCUT2D eigenvalue weighted by Gasteiger charge is 2.21. The van der Waals surface area contributed by atoms with Crippen molar-refractivity contribution in [1.29, 1.82) is 0 Å². The first-order valence-electron chi connectivity index (χ1n) is 9.92. The summed E-state index contributed by atoms with van der Waals surface area (Å²) in [4.78, 5) is 12.8. The fraction of sp³-hybridized carbons (Fsp3) is 0.292. The monoisotopic (exact) mass is 457 g/mol. The molecule has 164 valence electrons. The highest BCUT2D eigenvalue weighted by molar-refractivity contribution is 7.94. The molecule has 7 heteroatoms. The molecule has 5 nitrogen and oxygen atoms in total. The molecular weight excluding hydrogens is 430 g/mol. The lowest BCUT2D eigenvalue weighted by atomic mass is 9.84. The summed E-state index contributed by atoms with van der Waals surface area (Å²) >= 11 is 1.11. The molecule has 0 fully saturated rings. The van der Waals surface area contributed by atoms with Crippen LogP contribution >= 0.6 is 11.3 Å². The summed E-state index contributed by atoms with van der Waals surface area (Å²) in [6.07, 6.45) is 0. The number of aryl methyl sites for hydroxylation is 2. The predicted octanol–water partition coefficient (Wildman–Crippen LogP) is 5.82. The molecule has 1 aromatic heterocycles. The molecule has 0 saturated carbocycles. The number of benzene rings is 2. The molecule has 0 saturated heterocycles. The van der Waals surface area contributed by atoms with E-state index in [0.717, 1.165) is 28.0 Å². The van der Waals surface area contributed by atoms with Crippen molar-refractivity contribution >= 4 is 33.0 Å². The quantitative estimate of drug-likeness (QED) is 0.473. The average molecular weight is 458 g/mol. The Morgan fingerprint density at radius 1 is 1.03 bits per heavy atom. The van der Waals surface area contributed by atoms with Crippen LogP contribution in [0, 0.1) is 13.8 Å². The molecule has 3 rings (SSSR count). The van der Waals surface area contributed by atoms with Crippen molar-refractivity contribution in [2.75, 3.05) is 4.72 Å². The fourth-order valence-electron chi connectivity index (χ4n) is 3.23. The molecule has 0 spiro atoms. The second kappa shape index (κ2) is 8.85. The largest absolute Gasteiger partial charge is 0.457 e. The summed E-state index contributed by atoms with van der Waals surface area (Å²) in [5.74, 6) is -0.580. The van der Waals surface area contributed by atoms with Gasteiger partial charge >= 0.3 is 5.97 Å². The Hall–Kier alpha value is -2.64. The molecule has 0 aliphatic rings. The van der Waals surface area contributed by atoms with Crippen molar-refractivity contribution in [1.82, 2.24) is 0 Å². The minimum absolute atomic E-state index is 0.0311. The van der Waals surface area contributed by atoms with Crippen molar-refractivity contribution in [3.8, 4) is 0 Å². The van der Waals surface area contributed by atoms with Crippen molar-refractivity contribution in [3.63, 3.8) is 0 Å². The van der Waals surface area contributed by atoms with E-state index < -0.39 is 16.0 Å². The van der Waals surface area contributed by atoms with Crippen molar-refractivity contribution in [2.24, 2.45) is 0 Å². The van der Waals surface area contributed by atoms with Gasteiger partial charge < -0.3 is 4.74 Å². The van der Waals surface area contributed by atoms with E-state index in [1.807, 2.05) is 13.8 Å². The molecule has 0 amide bonds. The van der Waals surface area contributed by atoms with Crippen LogP contribution in [0.5, 0.6) is 0 Å². The Balaban J connectivity index is 1.80. The van der Waals surface area contributed by atoms with E-state index in [2.05, 4.69) is 37.6 Å². The zero-order chi connectivity index (χ0) is 22.8. The number of nitrogens with one attached hydrogen (secondary N) is 1. The number of anilines is 1. The Morgan fingerprint density at radius 2 is 1.68 bits per heavy atom. The van der Waals surface area contributed by atoms with Crippen LogP contribution in [0.25, 0.3) is 0 Å². The van der Waals surface area contributed by atoms with Gasteiger partial charge in [-0.25, -0.2) is 13.2 Å². The van der Waals surface area contributed by atoms with Gasteiger partial charge in [0.05, 0.1) is 11.3 Å². The molecule has 0 bridgehead atoms. The Morgan fingerprint density at radius 3 is 2.26 bits per heavy atom. The summed E-state index contributed by atoms with van der Waals surface area (Å²) in [5, 5.41) is 1.68. The molecule has 1 N–H and O–H groups in total.